The lowest BCUT2D eigenvalue weighted by atomic mass is 9.87. The average molecular weight is 340 g/mol. The molecule has 0 aliphatic carbocycles. The van der Waals surface area contributed by atoms with Crippen molar-refractivity contribution in [2.75, 3.05) is 6.54 Å². The van der Waals surface area contributed by atoms with Gasteiger partial charge >= 0.3 is 0 Å². The van der Waals surface area contributed by atoms with Crippen molar-refractivity contribution in [3.05, 3.63) is 29.3 Å². The van der Waals surface area contributed by atoms with Gasteiger partial charge in [0.25, 0.3) is 10.0 Å². The minimum Gasteiger partial charge on any atom is -0.356 e. The Morgan fingerprint density at radius 1 is 1.17 bits per heavy atom. The summed E-state index contributed by atoms with van der Waals surface area (Å²) in [7, 11) is -3.94. The van der Waals surface area contributed by atoms with Gasteiger partial charge in [-0.15, -0.1) is 0 Å². The van der Waals surface area contributed by atoms with Crippen LogP contribution in [0, 0.1) is 6.92 Å². The molecular formula is C16H24N2O4S. The predicted octanol–water partition coefficient (Wildman–Crippen LogP) is 1.62. The molecule has 128 valence electrons. The minimum atomic E-state index is -3.94. The van der Waals surface area contributed by atoms with Gasteiger partial charge in [0.05, 0.1) is 4.90 Å². The standard InChI is InChI=1S/C16H24N2O4S/c1-11-6-7-13(16(3,4)5)10-14(11)23(21,22)18-15(20)8-9-17-12(2)19/h6-7,10H,8-9H2,1-5H3,(H,17,19)(H,18,20). The van der Waals surface area contributed by atoms with Gasteiger partial charge in [-0.05, 0) is 29.5 Å². The van der Waals surface area contributed by atoms with Gasteiger partial charge in [0.2, 0.25) is 11.8 Å². The maximum absolute atomic E-state index is 12.4. The van der Waals surface area contributed by atoms with E-state index in [0.717, 1.165) is 5.56 Å². The molecule has 0 bridgehead atoms. The average Bonchev–Trinajstić information content (AvgIpc) is 2.36. The molecule has 0 spiro atoms. The van der Waals surface area contributed by atoms with E-state index in [0.29, 0.717) is 5.56 Å². The van der Waals surface area contributed by atoms with Crippen LogP contribution in [-0.2, 0) is 25.0 Å². The maximum atomic E-state index is 12.4. The second kappa shape index (κ2) is 7.12. The molecule has 0 aromatic heterocycles. The van der Waals surface area contributed by atoms with Crippen LogP contribution in [0.25, 0.3) is 0 Å². The fraction of sp³-hybridized carbons (Fsp3) is 0.500. The van der Waals surface area contributed by atoms with Crippen LogP contribution in [0.1, 0.15) is 45.2 Å². The van der Waals surface area contributed by atoms with Gasteiger partial charge < -0.3 is 5.32 Å². The Balaban J connectivity index is 2.96. The summed E-state index contributed by atoms with van der Waals surface area (Å²) in [6, 6.07) is 5.21. The van der Waals surface area contributed by atoms with E-state index in [1.807, 2.05) is 31.6 Å². The Bertz CT molecular complexity index is 703. The van der Waals surface area contributed by atoms with E-state index < -0.39 is 15.9 Å². The van der Waals surface area contributed by atoms with E-state index in [1.165, 1.54) is 6.92 Å². The number of aryl methyl sites for hydroxylation is 1. The number of hydrogen-bond donors (Lipinski definition) is 2. The van der Waals surface area contributed by atoms with Gasteiger partial charge in [-0.2, -0.15) is 0 Å². The third kappa shape index (κ3) is 5.67. The summed E-state index contributed by atoms with van der Waals surface area (Å²) >= 11 is 0. The number of sulfonamides is 1. The van der Waals surface area contributed by atoms with Crippen LogP contribution in [0.5, 0.6) is 0 Å². The molecular weight excluding hydrogens is 316 g/mol. The zero-order chi connectivity index (χ0) is 17.8. The van der Waals surface area contributed by atoms with E-state index in [9.17, 15) is 18.0 Å². The molecule has 0 aliphatic rings. The van der Waals surface area contributed by atoms with Crippen molar-refractivity contribution in [3.8, 4) is 0 Å². The minimum absolute atomic E-state index is 0.0949. The quantitative estimate of drug-likeness (QED) is 0.852. The van der Waals surface area contributed by atoms with Crippen molar-refractivity contribution >= 4 is 21.8 Å². The largest absolute Gasteiger partial charge is 0.356 e. The normalized spacial score (nSPS) is 11.9. The molecule has 0 radical (unpaired) electrons. The van der Waals surface area contributed by atoms with E-state index in [-0.39, 0.29) is 29.2 Å². The molecule has 0 atom stereocenters. The molecule has 0 aliphatic heterocycles. The van der Waals surface area contributed by atoms with Gasteiger partial charge in [0.15, 0.2) is 0 Å². The number of carbonyl (C=O) groups is 2. The first-order valence-electron chi connectivity index (χ1n) is 7.34. The summed E-state index contributed by atoms with van der Waals surface area (Å²) in [4.78, 5) is 22.6. The zero-order valence-corrected chi connectivity index (χ0v) is 15.0. The Kier molecular flexibility index (Phi) is 5.93. The molecule has 1 rings (SSSR count). The maximum Gasteiger partial charge on any atom is 0.264 e. The highest BCUT2D eigenvalue weighted by atomic mass is 32.2. The first-order chi connectivity index (χ1) is 10.4. The highest BCUT2D eigenvalue weighted by Gasteiger charge is 2.23. The molecule has 0 saturated carbocycles. The Labute approximate surface area is 137 Å². The SMILES string of the molecule is CC(=O)NCCC(=O)NS(=O)(=O)c1cc(C(C)(C)C)ccc1C. The lowest BCUT2D eigenvalue weighted by Gasteiger charge is -2.20. The van der Waals surface area contributed by atoms with E-state index >= 15 is 0 Å². The molecule has 0 unspecified atom stereocenters. The first kappa shape index (κ1) is 19.2. The number of rotatable bonds is 5. The fourth-order valence-electron chi connectivity index (χ4n) is 1.96. The third-order valence-corrected chi connectivity index (χ3v) is 4.83. The van der Waals surface area contributed by atoms with Crippen LogP contribution in [0.15, 0.2) is 23.1 Å². The van der Waals surface area contributed by atoms with Gasteiger partial charge in [-0.1, -0.05) is 32.9 Å². The lowest BCUT2D eigenvalue weighted by Crippen LogP contribution is -2.34. The van der Waals surface area contributed by atoms with E-state index in [1.54, 1.807) is 19.1 Å². The molecule has 0 fully saturated rings. The van der Waals surface area contributed by atoms with Crippen LogP contribution in [0.2, 0.25) is 0 Å². The summed E-state index contributed by atoms with van der Waals surface area (Å²) in [6.07, 6.45) is -0.100. The van der Waals surface area contributed by atoms with Crippen molar-refractivity contribution in [2.45, 2.75) is 51.3 Å². The van der Waals surface area contributed by atoms with Crippen molar-refractivity contribution in [1.82, 2.24) is 10.0 Å². The molecule has 0 saturated heterocycles. The Hall–Kier alpha value is -1.89. The van der Waals surface area contributed by atoms with E-state index in [4.69, 9.17) is 0 Å². The summed E-state index contributed by atoms with van der Waals surface area (Å²) in [5, 5.41) is 2.45. The molecule has 1 aromatic rings. The highest BCUT2D eigenvalue weighted by Crippen LogP contribution is 2.26. The molecule has 1 aromatic carbocycles. The molecule has 7 heteroatoms. The molecule has 6 nitrogen and oxygen atoms in total. The first-order valence-corrected chi connectivity index (χ1v) is 8.83. The summed E-state index contributed by atoms with van der Waals surface area (Å²) in [6.45, 7) is 9.07. The second-order valence-corrected chi connectivity index (χ2v) is 8.14. The number of amides is 2. The smallest absolute Gasteiger partial charge is 0.264 e. The van der Waals surface area contributed by atoms with Gasteiger partial charge in [0, 0.05) is 19.9 Å². The van der Waals surface area contributed by atoms with Gasteiger partial charge in [0.1, 0.15) is 0 Å². The Morgan fingerprint density at radius 3 is 2.30 bits per heavy atom. The molecule has 23 heavy (non-hydrogen) atoms. The summed E-state index contributed by atoms with van der Waals surface area (Å²) in [5.74, 6) is -0.923. The third-order valence-electron chi connectivity index (χ3n) is 3.32. The zero-order valence-electron chi connectivity index (χ0n) is 14.2. The van der Waals surface area contributed by atoms with Crippen LogP contribution >= 0.6 is 0 Å². The van der Waals surface area contributed by atoms with Crippen molar-refractivity contribution in [2.24, 2.45) is 0 Å². The van der Waals surface area contributed by atoms with Crippen LogP contribution < -0.4 is 10.0 Å². The Morgan fingerprint density at radius 2 is 1.78 bits per heavy atom. The number of hydrogen-bond acceptors (Lipinski definition) is 4. The topological polar surface area (TPSA) is 92.3 Å². The van der Waals surface area contributed by atoms with Crippen LogP contribution in [0.4, 0.5) is 0 Å². The van der Waals surface area contributed by atoms with Crippen molar-refractivity contribution in [3.63, 3.8) is 0 Å². The van der Waals surface area contributed by atoms with Crippen molar-refractivity contribution in [1.29, 1.82) is 0 Å². The number of carbonyl (C=O) groups excluding carboxylic acids is 2. The highest BCUT2D eigenvalue weighted by molar-refractivity contribution is 7.90. The van der Waals surface area contributed by atoms with Gasteiger partial charge in [-0.3, -0.25) is 9.59 Å². The van der Waals surface area contributed by atoms with E-state index in [2.05, 4.69) is 5.32 Å². The lowest BCUT2D eigenvalue weighted by molar-refractivity contribution is -0.120. The number of benzene rings is 1. The summed E-state index contributed by atoms with van der Waals surface area (Å²) in [5.41, 5.74) is 1.24. The van der Waals surface area contributed by atoms with Crippen LogP contribution in [-0.4, -0.2) is 26.8 Å². The monoisotopic (exact) mass is 340 g/mol. The summed E-state index contributed by atoms with van der Waals surface area (Å²) < 4.78 is 26.9. The molecule has 2 amide bonds. The molecule has 0 heterocycles. The second-order valence-electron chi connectivity index (χ2n) is 6.49. The van der Waals surface area contributed by atoms with Gasteiger partial charge in [-0.25, -0.2) is 13.1 Å². The predicted molar refractivity (Wildman–Crippen MR) is 88.5 cm³/mol. The number of nitrogens with one attached hydrogen (secondary N) is 2. The van der Waals surface area contributed by atoms with Crippen LogP contribution in [0.3, 0.4) is 0 Å². The van der Waals surface area contributed by atoms with Crippen molar-refractivity contribution < 1.29 is 18.0 Å². The molecule has 2 N–H and O–H groups in total. The fourth-order valence-corrected chi connectivity index (χ4v) is 3.25.